The molecule has 2 amide bonds. The van der Waals surface area contributed by atoms with Gasteiger partial charge in [0.1, 0.15) is 5.69 Å². The highest BCUT2D eigenvalue weighted by Gasteiger charge is 2.30. The number of nitrogens with zero attached hydrogens (tertiary/aromatic N) is 3. The Bertz CT molecular complexity index is 913. The Balaban J connectivity index is 1.63. The first-order valence-electron chi connectivity index (χ1n) is 9.89. The summed E-state index contributed by atoms with van der Waals surface area (Å²) in [6, 6.07) is 5.83. The minimum atomic E-state index is -0.271. The van der Waals surface area contributed by atoms with Crippen molar-refractivity contribution in [3.05, 3.63) is 46.5 Å². The molecule has 0 spiro atoms. The maximum Gasteiger partial charge on any atom is 0.291 e. The molecule has 1 fully saturated rings. The lowest BCUT2D eigenvalue weighted by atomic mass is 10.1. The average molecular weight is 382 g/mol. The maximum absolute atomic E-state index is 13.0. The Kier molecular flexibility index (Phi) is 5.17. The fraction of sp³-hybridized carbons (Fsp3) is 0.476. The predicted octanol–water partition coefficient (Wildman–Crippen LogP) is 2.56. The summed E-state index contributed by atoms with van der Waals surface area (Å²) < 4.78 is 7.27. The number of hydrogen-bond donors (Lipinski definition) is 1. The molecule has 0 radical (unpaired) electrons. The Morgan fingerprint density at radius 1 is 1.07 bits per heavy atom. The second kappa shape index (κ2) is 7.75. The number of anilines is 1. The summed E-state index contributed by atoms with van der Waals surface area (Å²) in [5.41, 5.74) is 4.34. The van der Waals surface area contributed by atoms with Gasteiger partial charge in [0.05, 0.1) is 18.9 Å². The molecule has 1 saturated heterocycles. The molecule has 1 N–H and O–H groups in total. The smallest absolute Gasteiger partial charge is 0.291 e. The first kappa shape index (κ1) is 18.7. The molecule has 2 aromatic rings. The summed E-state index contributed by atoms with van der Waals surface area (Å²) in [4.78, 5) is 32.3. The van der Waals surface area contributed by atoms with E-state index in [1.165, 1.54) is 5.56 Å². The number of hydrogen-bond acceptors (Lipinski definition) is 4. The van der Waals surface area contributed by atoms with E-state index in [1.54, 1.807) is 4.90 Å². The van der Waals surface area contributed by atoms with Crippen molar-refractivity contribution in [2.45, 2.75) is 39.7 Å². The van der Waals surface area contributed by atoms with Crippen molar-refractivity contribution in [3.8, 4) is 0 Å². The second-order valence-electron chi connectivity index (χ2n) is 7.50. The first-order chi connectivity index (χ1) is 13.5. The Hall–Kier alpha value is -2.67. The SMILES string of the molecule is Cc1ccc(NC(=O)c2nc(C(=O)N3CCOCC3)c3n2CCCC3)cc1C. The summed E-state index contributed by atoms with van der Waals surface area (Å²) >= 11 is 0. The molecule has 1 aromatic carbocycles. The average Bonchev–Trinajstić information content (AvgIpc) is 3.11. The van der Waals surface area contributed by atoms with E-state index < -0.39 is 0 Å². The van der Waals surface area contributed by atoms with Gasteiger partial charge in [-0.25, -0.2) is 4.98 Å². The van der Waals surface area contributed by atoms with Crippen molar-refractivity contribution < 1.29 is 14.3 Å². The lowest BCUT2D eigenvalue weighted by molar-refractivity contribution is 0.0298. The molecular formula is C21H26N4O3. The van der Waals surface area contributed by atoms with Crippen molar-refractivity contribution in [3.63, 3.8) is 0 Å². The van der Waals surface area contributed by atoms with E-state index in [0.29, 0.717) is 44.4 Å². The van der Waals surface area contributed by atoms with Crippen LogP contribution in [0.15, 0.2) is 18.2 Å². The lowest BCUT2D eigenvalue weighted by Gasteiger charge is -2.26. The van der Waals surface area contributed by atoms with Crippen molar-refractivity contribution in [2.24, 2.45) is 0 Å². The molecule has 4 rings (SSSR count). The second-order valence-corrected chi connectivity index (χ2v) is 7.50. The number of imidazole rings is 1. The number of aromatic nitrogens is 2. The molecule has 148 valence electrons. The summed E-state index contributed by atoms with van der Waals surface area (Å²) in [5, 5.41) is 2.94. The quantitative estimate of drug-likeness (QED) is 0.885. The Morgan fingerprint density at radius 2 is 1.86 bits per heavy atom. The first-order valence-corrected chi connectivity index (χ1v) is 9.89. The van der Waals surface area contributed by atoms with Crippen molar-refractivity contribution >= 4 is 17.5 Å². The van der Waals surface area contributed by atoms with Gasteiger partial charge >= 0.3 is 0 Å². The summed E-state index contributed by atoms with van der Waals surface area (Å²) in [6.07, 6.45) is 2.76. The third kappa shape index (κ3) is 3.54. The van der Waals surface area contributed by atoms with Crippen LogP contribution >= 0.6 is 0 Å². The van der Waals surface area contributed by atoms with E-state index in [0.717, 1.165) is 36.2 Å². The molecular weight excluding hydrogens is 356 g/mol. The van der Waals surface area contributed by atoms with E-state index in [4.69, 9.17) is 4.74 Å². The zero-order valence-electron chi connectivity index (χ0n) is 16.5. The zero-order valence-corrected chi connectivity index (χ0v) is 16.5. The van der Waals surface area contributed by atoms with E-state index in [-0.39, 0.29) is 11.8 Å². The van der Waals surface area contributed by atoms with E-state index in [1.807, 2.05) is 36.6 Å². The lowest BCUT2D eigenvalue weighted by Crippen LogP contribution is -2.41. The number of rotatable bonds is 3. The maximum atomic E-state index is 13.0. The molecule has 28 heavy (non-hydrogen) atoms. The zero-order chi connectivity index (χ0) is 19.7. The number of carbonyl (C=O) groups excluding carboxylic acids is 2. The van der Waals surface area contributed by atoms with Crippen LogP contribution in [0.1, 0.15) is 50.8 Å². The van der Waals surface area contributed by atoms with Gasteiger partial charge in [0.15, 0.2) is 5.82 Å². The molecule has 0 saturated carbocycles. The molecule has 7 heteroatoms. The fourth-order valence-electron chi connectivity index (χ4n) is 3.81. The van der Waals surface area contributed by atoms with Crippen LogP contribution in [0.2, 0.25) is 0 Å². The number of fused-ring (bicyclic) bond motifs is 1. The largest absolute Gasteiger partial charge is 0.378 e. The van der Waals surface area contributed by atoms with Crippen molar-refractivity contribution in [1.82, 2.24) is 14.5 Å². The van der Waals surface area contributed by atoms with Crippen LogP contribution < -0.4 is 5.32 Å². The van der Waals surface area contributed by atoms with Gasteiger partial charge in [-0.15, -0.1) is 0 Å². The number of carbonyl (C=O) groups is 2. The molecule has 0 atom stereocenters. The summed E-state index contributed by atoms with van der Waals surface area (Å²) in [5.74, 6) is -0.0452. The van der Waals surface area contributed by atoms with E-state index in [2.05, 4.69) is 10.3 Å². The molecule has 3 heterocycles. The highest BCUT2D eigenvalue weighted by atomic mass is 16.5. The molecule has 0 aliphatic carbocycles. The van der Waals surface area contributed by atoms with Crippen LogP contribution in [0.5, 0.6) is 0 Å². The van der Waals surface area contributed by atoms with Crippen LogP contribution in [0, 0.1) is 13.8 Å². The highest BCUT2D eigenvalue weighted by molar-refractivity contribution is 6.03. The van der Waals surface area contributed by atoms with Gasteiger partial charge in [-0.1, -0.05) is 6.07 Å². The third-order valence-electron chi connectivity index (χ3n) is 5.59. The van der Waals surface area contributed by atoms with Crippen LogP contribution in [-0.2, 0) is 17.7 Å². The number of ether oxygens (including phenoxy) is 1. The van der Waals surface area contributed by atoms with Gasteiger partial charge in [0.2, 0.25) is 0 Å². The van der Waals surface area contributed by atoms with Crippen LogP contribution in [-0.4, -0.2) is 52.6 Å². The number of benzene rings is 1. The molecule has 2 aliphatic heterocycles. The number of morpholine rings is 1. The summed E-state index contributed by atoms with van der Waals surface area (Å²) in [7, 11) is 0. The Morgan fingerprint density at radius 3 is 2.61 bits per heavy atom. The molecule has 0 unspecified atom stereocenters. The number of nitrogens with one attached hydrogen (secondary N) is 1. The van der Waals surface area contributed by atoms with Crippen LogP contribution in [0.25, 0.3) is 0 Å². The van der Waals surface area contributed by atoms with Crippen LogP contribution in [0.4, 0.5) is 5.69 Å². The molecule has 2 aliphatic rings. The molecule has 1 aromatic heterocycles. The van der Waals surface area contributed by atoms with Gasteiger partial charge in [-0.05, 0) is 56.4 Å². The standard InChI is InChI=1S/C21H26N4O3/c1-14-6-7-16(13-15(14)2)22-20(26)19-23-18(17-5-3-4-8-25(17)19)21(27)24-9-11-28-12-10-24/h6-7,13H,3-5,8-12H2,1-2H3,(H,22,26). The highest BCUT2D eigenvalue weighted by Crippen LogP contribution is 2.24. The summed E-state index contributed by atoms with van der Waals surface area (Å²) in [6.45, 7) is 6.99. The van der Waals surface area contributed by atoms with Gasteiger partial charge in [0, 0.05) is 25.3 Å². The normalized spacial score (nSPS) is 16.6. The minimum absolute atomic E-state index is 0.0980. The van der Waals surface area contributed by atoms with Crippen molar-refractivity contribution in [1.29, 1.82) is 0 Å². The topological polar surface area (TPSA) is 76.5 Å². The van der Waals surface area contributed by atoms with Gasteiger partial charge in [-0.3, -0.25) is 9.59 Å². The van der Waals surface area contributed by atoms with Gasteiger partial charge in [0.25, 0.3) is 11.8 Å². The fourth-order valence-corrected chi connectivity index (χ4v) is 3.81. The van der Waals surface area contributed by atoms with Crippen molar-refractivity contribution in [2.75, 3.05) is 31.6 Å². The van der Waals surface area contributed by atoms with E-state index in [9.17, 15) is 9.59 Å². The van der Waals surface area contributed by atoms with E-state index >= 15 is 0 Å². The van der Waals surface area contributed by atoms with Gasteiger partial charge < -0.3 is 19.5 Å². The monoisotopic (exact) mass is 382 g/mol. The van der Waals surface area contributed by atoms with Crippen LogP contribution in [0.3, 0.4) is 0 Å². The minimum Gasteiger partial charge on any atom is -0.378 e. The molecule has 0 bridgehead atoms. The molecule has 7 nitrogen and oxygen atoms in total. The predicted molar refractivity (Wildman–Crippen MR) is 106 cm³/mol. The number of aryl methyl sites for hydroxylation is 2. The number of amides is 2. The van der Waals surface area contributed by atoms with Gasteiger partial charge in [-0.2, -0.15) is 0 Å². The third-order valence-corrected chi connectivity index (χ3v) is 5.59. The Labute approximate surface area is 164 Å².